The zero-order valence-electron chi connectivity index (χ0n) is 12.0. The normalized spacial score (nSPS) is 28.1. The Kier molecular flexibility index (Phi) is 2.92. The second-order valence-corrected chi connectivity index (χ2v) is 6.96. The number of fused-ring (bicyclic) bond motifs is 1. The predicted octanol–water partition coefficient (Wildman–Crippen LogP) is 2.98. The maximum Gasteiger partial charge on any atom is 0.151 e. The van der Waals surface area contributed by atoms with Crippen molar-refractivity contribution >= 4 is 6.29 Å². The van der Waals surface area contributed by atoms with Gasteiger partial charge in [0.1, 0.15) is 0 Å². The fourth-order valence-electron chi connectivity index (χ4n) is 4.45. The molecule has 1 aromatic rings. The molecule has 2 aliphatic carbocycles. The third-order valence-electron chi connectivity index (χ3n) is 5.85. The second kappa shape index (κ2) is 4.66. The van der Waals surface area contributed by atoms with Crippen LogP contribution in [0.3, 0.4) is 0 Å². The van der Waals surface area contributed by atoms with Crippen molar-refractivity contribution in [2.45, 2.75) is 57.5 Å². The molecule has 0 aromatic carbocycles. The number of aromatic nitrogens is 1. The Balaban J connectivity index is 1.48. The van der Waals surface area contributed by atoms with Gasteiger partial charge in [-0.05, 0) is 55.6 Å². The van der Waals surface area contributed by atoms with Crippen molar-refractivity contribution in [1.82, 2.24) is 9.88 Å². The first-order valence-electron chi connectivity index (χ1n) is 7.95. The van der Waals surface area contributed by atoms with Gasteiger partial charge in [0.25, 0.3) is 0 Å². The van der Waals surface area contributed by atoms with Crippen LogP contribution in [-0.2, 0) is 13.0 Å². The van der Waals surface area contributed by atoms with Gasteiger partial charge in [-0.1, -0.05) is 6.42 Å². The van der Waals surface area contributed by atoms with Crippen LogP contribution in [0.5, 0.6) is 0 Å². The van der Waals surface area contributed by atoms with Gasteiger partial charge in [0, 0.05) is 30.9 Å². The Morgan fingerprint density at radius 2 is 2.25 bits per heavy atom. The Bertz CT molecular complexity index is 536. The molecule has 2 fully saturated rings. The van der Waals surface area contributed by atoms with Gasteiger partial charge < -0.3 is 0 Å². The maximum atomic E-state index is 10.8. The highest BCUT2D eigenvalue weighted by molar-refractivity contribution is 5.74. The first kappa shape index (κ1) is 12.5. The SMILES string of the molecule is O=Cc1cnc2c(c1)CCN(C1CCC3(CCC3)C1)C2. The summed E-state index contributed by atoms with van der Waals surface area (Å²) < 4.78 is 0. The third-order valence-corrected chi connectivity index (χ3v) is 5.85. The number of hydrogen-bond acceptors (Lipinski definition) is 3. The number of hydrogen-bond donors (Lipinski definition) is 0. The molecule has 2 saturated carbocycles. The minimum absolute atomic E-state index is 0.714. The molecule has 1 atom stereocenters. The Labute approximate surface area is 120 Å². The molecule has 0 N–H and O–H groups in total. The molecule has 3 nitrogen and oxygen atoms in total. The van der Waals surface area contributed by atoms with E-state index in [-0.39, 0.29) is 0 Å². The van der Waals surface area contributed by atoms with Crippen LogP contribution < -0.4 is 0 Å². The lowest BCUT2D eigenvalue weighted by Crippen LogP contribution is -2.39. The smallest absolute Gasteiger partial charge is 0.151 e. The van der Waals surface area contributed by atoms with Crippen LogP contribution >= 0.6 is 0 Å². The van der Waals surface area contributed by atoms with E-state index in [1.807, 2.05) is 6.07 Å². The van der Waals surface area contributed by atoms with Crippen LogP contribution in [0.1, 0.15) is 60.1 Å². The molecule has 2 heterocycles. The molecule has 1 aromatic heterocycles. The summed E-state index contributed by atoms with van der Waals surface area (Å²) >= 11 is 0. The number of pyridine rings is 1. The van der Waals surface area contributed by atoms with Gasteiger partial charge in [-0.3, -0.25) is 14.7 Å². The zero-order valence-corrected chi connectivity index (χ0v) is 12.0. The maximum absolute atomic E-state index is 10.8. The minimum atomic E-state index is 0.714. The molecule has 0 amide bonds. The summed E-state index contributed by atoms with van der Waals surface area (Å²) in [6.07, 6.45) is 12.3. The van der Waals surface area contributed by atoms with Crippen molar-refractivity contribution in [1.29, 1.82) is 0 Å². The Morgan fingerprint density at radius 3 is 2.95 bits per heavy atom. The van der Waals surface area contributed by atoms with Crippen molar-refractivity contribution in [3.05, 3.63) is 29.1 Å². The summed E-state index contributed by atoms with van der Waals surface area (Å²) in [4.78, 5) is 18.0. The Hall–Kier alpha value is -1.22. The van der Waals surface area contributed by atoms with E-state index in [0.717, 1.165) is 37.3 Å². The molecule has 1 aliphatic heterocycles. The summed E-state index contributed by atoms with van der Waals surface area (Å²) in [5, 5.41) is 0. The molecule has 106 valence electrons. The first-order chi connectivity index (χ1) is 9.78. The highest BCUT2D eigenvalue weighted by Gasteiger charge is 2.45. The van der Waals surface area contributed by atoms with Gasteiger partial charge in [0.15, 0.2) is 6.29 Å². The topological polar surface area (TPSA) is 33.2 Å². The molecule has 0 saturated heterocycles. The van der Waals surface area contributed by atoms with E-state index in [1.54, 1.807) is 6.20 Å². The number of carbonyl (C=O) groups excluding carboxylic acids is 1. The van der Waals surface area contributed by atoms with E-state index in [9.17, 15) is 4.79 Å². The van der Waals surface area contributed by atoms with Crippen LogP contribution in [0, 0.1) is 5.41 Å². The zero-order chi connectivity index (χ0) is 13.6. The molecular formula is C17H22N2O. The van der Waals surface area contributed by atoms with Crippen molar-refractivity contribution < 1.29 is 4.79 Å². The summed E-state index contributed by atoms with van der Waals surface area (Å²) in [6.45, 7) is 2.12. The Morgan fingerprint density at radius 1 is 1.35 bits per heavy atom. The highest BCUT2D eigenvalue weighted by atomic mass is 16.1. The van der Waals surface area contributed by atoms with E-state index in [1.165, 1.54) is 49.8 Å². The van der Waals surface area contributed by atoms with Crippen LogP contribution in [-0.4, -0.2) is 28.8 Å². The van der Waals surface area contributed by atoms with Crippen LogP contribution in [0.15, 0.2) is 12.3 Å². The fraction of sp³-hybridized carbons (Fsp3) is 0.647. The molecule has 0 radical (unpaired) electrons. The fourth-order valence-corrected chi connectivity index (χ4v) is 4.45. The monoisotopic (exact) mass is 270 g/mol. The van der Waals surface area contributed by atoms with E-state index >= 15 is 0 Å². The molecule has 4 rings (SSSR count). The average Bonchev–Trinajstić information content (AvgIpc) is 2.92. The van der Waals surface area contributed by atoms with E-state index in [0.29, 0.717) is 5.56 Å². The average molecular weight is 270 g/mol. The molecule has 1 unspecified atom stereocenters. The molecule has 20 heavy (non-hydrogen) atoms. The van der Waals surface area contributed by atoms with Gasteiger partial charge in [-0.25, -0.2) is 0 Å². The standard InChI is InChI=1S/C17H22N2O/c20-12-13-8-14-3-7-19(11-16(14)18-10-13)15-2-6-17(9-15)4-1-5-17/h8,10,12,15H,1-7,9,11H2. The second-order valence-electron chi connectivity index (χ2n) is 6.96. The van der Waals surface area contributed by atoms with Gasteiger partial charge in [-0.15, -0.1) is 0 Å². The number of nitrogens with zero attached hydrogens (tertiary/aromatic N) is 2. The van der Waals surface area contributed by atoms with Gasteiger partial charge >= 0.3 is 0 Å². The lowest BCUT2D eigenvalue weighted by Gasteiger charge is -2.40. The quantitative estimate of drug-likeness (QED) is 0.775. The van der Waals surface area contributed by atoms with Gasteiger partial charge in [0.2, 0.25) is 0 Å². The van der Waals surface area contributed by atoms with Crippen molar-refractivity contribution in [2.75, 3.05) is 6.54 Å². The molecular weight excluding hydrogens is 248 g/mol. The largest absolute Gasteiger partial charge is 0.298 e. The summed E-state index contributed by atoms with van der Waals surface area (Å²) in [5.74, 6) is 0. The van der Waals surface area contributed by atoms with Crippen molar-refractivity contribution in [2.24, 2.45) is 5.41 Å². The third kappa shape index (κ3) is 1.99. The van der Waals surface area contributed by atoms with Crippen molar-refractivity contribution in [3.8, 4) is 0 Å². The lowest BCUT2D eigenvalue weighted by molar-refractivity contribution is 0.110. The molecule has 3 aliphatic rings. The van der Waals surface area contributed by atoms with Crippen LogP contribution in [0.2, 0.25) is 0 Å². The minimum Gasteiger partial charge on any atom is -0.298 e. The van der Waals surface area contributed by atoms with Crippen molar-refractivity contribution in [3.63, 3.8) is 0 Å². The van der Waals surface area contributed by atoms with E-state index < -0.39 is 0 Å². The first-order valence-corrected chi connectivity index (χ1v) is 7.95. The predicted molar refractivity (Wildman–Crippen MR) is 77.7 cm³/mol. The van der Waals surface area contributed by atoms with E-state index in [4.69, 9.17) is 0 Å². The molecule has 1 spiro atoms. The van der Waals surface area contributed by atoms with Crippen LogP contribution in [0.4, 0.5) is 0 Å². The molecule has 3 heteroatoms. The van der Waals surface area contributed by atoms with Gasteiger partial charge in [0.05, 0.1) is 5.69 Å². The van der Waals surface area contributed by atoms with Gasteiger partial charge in [-0.2, -0.15) is 0 Å². The van der Waals surface area contributed by atoms with E-state index in [2.05, 4.69) is 9.88 Å². The highest BCUT2D eigenvalue weighted by Crippen LogP contribution is 2.54. The summed E-state index contributed by atoms with van der Waals surface area (Å²) in [6, 6.07) is 2.80. The summed E-state index contributed by atoms with van der Waals surface area (Å²) in [7, 11) is 0. The number of rotatable bonds is 2. The van der Waals surface area contributed by atoms with Crippen LogP contribution in [0.25, 0.3) is 0 Å². The molecule has 0 bridgehead atoms. The lowest BCUT2D eigenvalue weighted by atomic mass is 9.67. The summed E-state index contributed by atoms with van der Waals surface area (Å²) in [5.41, 5.74) is 3.91. The number of aldehydes is 1. The number of carbonyl (C=O) groups is 1.